The highest BCUT2D eigenvalue weighted by Gasteiger charge is 2.35. The van der Waals surface area contributed by atoms with Crippen molar-refractivity contribution in [3.8, 4) is 6.07 Å². The number of rotatable bonds is 4. The van der Waals surface area contributed by atoms with E-state index in [1.165, 1.54) is 13.0 Å². The van der Waals surface area contributed by atoms with E-state index in [2.05, 4.69) is 4.98 Å². The lowest BCUT2D eigenvalue weighted by atomic mass is 10.2. The van der Waals surface area contributed by atoms with Gasteiger partial charge < -0.3 is 0 Å². The highest BCUT2D eigenvalue weighted by molar-refractivity contribution is 7.91. The van der Waals surface area contributed by atoms with Crippen LogP contribution in [0.4, 0.5) is 13.2 Å². The van der Waals surface area contributed by atoms with Gasteiger partial charge in [0.2, 0.25) is 0 Å². The van der Waals surface area contributed by atoms with Gasteiger partial charge in [-0.3, -0.25) is 0 Å². The molecule has 0 bridgehead atoms. The number of hydrogen-bond donors (Lipinski definition) is 0. The number of alkyl halides is 4. The zero-order valence-electron chi connectivity index (χ0n) is 10.3. The van der Waals surface area contributed by atoms with E-state index in [4.69, 9.17) is 16.9 Å². The summed E-state index contributed by atoms with van der Waals surface area (Å²) in [7, 11) is -4.12. The van der Waals surface area contributed by atoms with E-state index in [1.54, 1.807) is 0 Å². The smallest absolute Gasteiger partial charge is 0.230 e. The average Bonchev–Trinajstić information content (AvgIpc) is 2.36. The fraction of sp³-hybridized carbons (Fsp3) is 0.455. The minimum Gasteiger partial charge on any atom is -0.230 e. The van der Waals surface area contributed by atoms with E-state index in [9.17, 15) is 21.6 Å². The van der Waals surface area contributed by atoms with Gasteiger partial charge in [-0.05, 0) is 18.1 Å². The summed E-state index contributed by atoms with van der Waals surface area (Å²) in [5.41, 5.74) is -1.77. The molecule has 0 fully saturated rings. The second kappa shape index (κ2) is 5.97. The highest BCUT2D eigenvalue weighted by atomic mass is 35.5. The molecule has 0 N–H and O–H groups in total. The Morgan fingerprint density at radius 1 is 1.45 bits per heavy atom. The van der Waals surface area contributed by atoms with Crippen molar-refractivity contribution in [2.24, 2.45) is 5.92 Å². The van der Waals surface area contributed by atoms with Crippen molar-refractivity contribution in [1.82, 2.24) is 4.98 Å². The lowest BCUT2D eigenvalue weighted by Crippen LogP contribution is -2.19. The topological polar surface area (TPSA) is 70.8 Å². The third-order valence-corrected chi connectivity index (χ3v) is 4.77. The lowest BCUT2D eigenvalue weighted by molar-refractivity contribution is -0.141. The van der Waals surface area contributed by atoms with E-state index in [0.717, 1.165) is 6.07 Å². The third kappa shape index (κ3) is 3.84. The summed E-state index contributed by atoms with van der Waals surface area (Å²) in [6, 6.07) is 2.90. The summed E-state index contributed by atoms with van der Waals surface area (Å²) >= 11 is 5.49. The molecule has 0 saturated heterocycles. The number of hydrogen-bond acceptors (Lipinski definition) is 4. The molecule has 1 heterocycles. The molecule has 1 unspecified atom stereocenters. The summed E-state index contributed by atoms with van der Waals surface area (Å²) in [6.07, 6.45) is -4.78. The van der Waals surface area contributed by atoms with E-state index in [0.29, 0.717) is 6.07 Å². The molecule has 0 spiro atoms. The van der Waals surface area contributed by atoms with Gasteiger partial charge in [0.1, 0.15) is 11.8 Å². The minimum atomic E-state index is -4.78. The molecule has 0 amide bonds. The Balaban J connectivity index is 3.39. The van der Waals surface area contributed by atoms with Crippen molar-refractivity contribution < 1.29 is 21.6 Å². The van der Waals surface area contributed by atoms with Gasteiger partial charge in [-0.25, -0.2) is 13.4 Å². The molecule has 0 aliphatic carbocycles. The molecular weight excluding hydrogens is 317 g/mol. The van der Waals surface area contributed by atoms with Gasteiger partial charge in [-0.1, -0.05) is 6.92 Å². The molecular formula is C11H10ClF3N2O2S. The van der Waals surface area contributed by atoms with E-state index in [-0.39, 0.29) is 5.88 Å². The third-order valence-electron chi connectivity index (χ3n) is 2.33. The first-order chi connectivity index (χ1) is 9.11. The van der Waals surface area contributed by atoms with Gasteiger partial charge in [0.15, 0.2) is 14.9 Å². The largest absolute Gasteiger partial charge is 0.433 e. The normalized spacial score (nSPS) is 13.8. The van der Waals surface area contributed by atoms with Gasteiger partial charge in [0.25, 0.3) is 0 Å². The number of halogens is 4. The van der Waals surface area contributed by atoms with Crippen molar-refractivity contribution in [3.05, 3.63) is 23.4 Å². The molecule has 1 aromatic rings. The van der Waals surface area contributed by atoms with Crippen LogP contribution in [0, 0.1) is 17.2 Å². The molecule has 0 aliphatic heterocycles. The zero-order chi connectivity index (χ0) is 15.6. The van der Waals surface area contributed by atoms with Crippen LogP contribution in [-0.4, -0.2) is 25.0 Å². The Morgan fingerprint density at radius 3 is 2.50 bits per heavy atom. The van der Waals surface area contributed by atoms with Crippen molar-refractivity contribution >= 4 is 21.4 Å². The van der Waals surface area contributed by atoms with Crippen LogP contribution in [0.3, 0.4) is 0 Å². The van der Waals surface area contributed by atoms with Gasteiger partial charge >= 0.3 is 6.18 Å². The molecule has 0 aromatic carbocycles. The summed E-state index contributed by atoms with van der Waals surface area (Å²) < 4.78 is 61.7. The van der Waals surface area contributed by atoms with Crippen molar-refractivity contribution in [1.29, 1.82) is 5.26 Å². The molecule has 0 aliphatic rings. The number of sulfone groups is 1. The van der Waals surface area contributed by atoms with E-state index < -0.39 is 44.0 Å². The number of pyridine rings is 1. The predicted molar refractivity (Wildman–Crippen MR) is 65.9 cm³/mol. The van der Waals surface area contributed by atoms with Crippen molar-refractivity contribution in [3.63, 3.8) is 0 Å². The zero-order valence-corrected chi connectivity index (χ0v) is 11.8. The fourth-order valence-corrected chi connectivity index (χ4v) is 3.37. The van der Waals surface area contributed by atoms with Crippen LogP contribution >= 0.6 is 11.6 Å². The Labute approximate surface area is 119 Å². The van der Waals surface area contributed by atoms with E-state index in [1.807, 2.05) is 0 Å². The lowest BCUT2D eigenvalue weighted by Gasteiger charge is -2.12. The molecule has 1 atom stereocenters. The van der Waals surface area contributed by atoms with Crippen LogP contribution in [0.5, 0.6) is 0 Å². The first-order valence-corrected chi connectivity index (χ1v) is 7.57. The molecule has 110 valence electrons. The van der Waals surface area contributed by atoms with Crippen LogP contribution < -0.4 is 0 Å². The van der Waals surface area contributed by atoms with Crippen molar-refractivity contribution in [2.75, 3.05) is 11.6 Å². The standard InChI is InChI=1S/C11H10ClF3N2O2S/c1-7(4-12)6-20(18,19)10-8(5-16)2-3-9(17-10)11(13,14)15/h2-3,7H,4,6H2,1H3. The maximum Gasteiger partial charge on any atom is 0.433 e. The van der Waals surface area contributed by atoms with Crippen LogP contribution in [0.1, 0.15) is 18.2 Å². The number of nitrogens with zero attached hydrogens (tertiary/aromatic N) is 2. The molecule has 1 aromatic heterocycles. The molecule has 0 radical (unpaired) electrons. The second-order valence-electron chi connectivity index (χ2n) is 4.20. The Kier molecular flexibility index (Phi) is 5.00. The van der Waals surface area contributed by atoms with Gasteiger partial charge in [-0.15, -0.1) is 11.6 Å². The summed E-state index contributed by atoms with van der Waals surface area (Å²) in [5.74, 6) is -0.913. The van der Waals surface area contributed by atoms with Gasteiger partial charge in [0.05, 0.1) is 11.3 Å². The first kappa shape index (κ1) is 16.7. The maximum atomic E-state index is 12.6. The minimum absolute atomic E-state index is 0.0279. The Hall–Kier alpha value is -1.33. The SMILES string of the molecule is CC(CCl)CS(=O)(=O)c1nc(C(F)(F)F)ccc1C#N. The quantitative estimate of drug-likeness (QED) is 0.797. The molecule has 4 nitrogen and oxygen atoms in total. The molecule has 9 heteroatoms. The monoisotopic (exact) mass is 326 g/mol. The summed E-state index contributed by atoms with van der Waals surface area (Å²) in [4.78, 5) is 3.10. The molecule has 0 saturated carbocycles. The Bertz CT molecular complexity index is 638. The van der Waals surface area contributed by atoms with Crippen molar-refractivity contribution in [2.45, 2.75) is 18.1 Å². The predicted octanol–water partition coefficient (Wildman–Crippen LogP) is 2.62. The second-order valence-corrected chi connectivity index (χ2v) is 6.46. The van der Waals surface area contributed by atoms with Crippen LogP contribution in [0.2, 0.25) is 0 Å². The van der Waals surface area contributed by atoms with Crippen LogP contribution in [0.25, 0.3) is 0 Å². The molecule has 1 rings (SSSR count). The van der Waals surface area contributed by atoms with E-state index >= 15 is 0 Å². The Morgan fingerprint density at radius 2 is 2.05 bits per heavy atom. The number of aromatic nitrogens is 1. The first-order valence-electron chi connectivity index (χ1n) is 5.39. The van der Waals surface area contributed by atoms with Crippen LogP contribution in [0.15, 0.2) is 17.2 Å². The maximum absolute atomic E-state index is 12.6. The van der Waals surface area contributed by atoms with Gasteiger partial charge in [-0.2, -0.15) is 18.4 Å². The van der Waals surface area contributed by atoms with Gasteiger partial charge in [0, 0.05) is 5.88 Å². The summed E-state index contributed by atoms with van der Waals surface area (Å²) in [6.45, 7) is 1.53. The summed E-state index contributed by atoms with van der Waals surface area (Å²) in [5, 5.41) is 7.95. The van der Waals surface area contributed by atoms with Crippen LogP contribution in [-0.2, 0) is 16.0 Å². The fourth-order valence-electron chi connectivity index (χ4n) is 1.42. The average molecular weight is 327 g/mol. The highest BCUT2D eigenvalue weighted by Crippen LogP contribution is 2.29. The molecule has 20 heavy (non-hydrogen) atoms. The number of nitriles is 1.